The maximum absolute atomic E-state index is 11.9. The van der Waals surface area contributed by atoms with Crippen LogP contribution in [-0.2, 0) is 14.8 Å². The van der Waals surface area contributed by atoms with Crippen molar-refractivity contribution in [3.8, 4) is 0 Å². The summed E-state index contributed by atoms with van der Waals surface area (Å²) in [6, 6.07) is -0.158. The minimum atomic E-state index is -3.17. The van der Waals surface area contributed by atoms with E-state index in [4.69, 9.17) is 4.74 Å². The van der Waals surface area contributed by atoms with Crippen LogP contribution < -0.4 is 10.0 Å². The van der Waals surface area contributed by atoms with E-state index in [1.807, 2.05) is 6.92 Å². The van der Waals surface area contributed by atoms with Gasteiger partial charge in [0.15, 0.2) is 0 Å². The first-order valence-electron chi connectivity index (χ1n) is 5.27. The van der Waals surface area contributed by atoms with Crippen LogP contribution in [0.15, 0.2) is 0 Å². The zero-order valence-corrected chi connectivity index (χ0v) is 10.1. The second kappa shape index (κ2) is 5.79. The van der Waals surface area contributed by atoms with Crippen LogP contribution in [0.1, 0.15) is 19.8 Å². The fourth-order valence-corrected chi connectivity index (χ4v) is 3.44. The monoisotopic (exact) mass is 236 g/mol. The van der Waals surface area contributed by atoms with Crippen LogP contribution in [-0.4, -0.2) is 46.5 Å². The second-order valence-corrected chi connectivity index (χ2v) is 5.96. The van der Waals surface area contributed by atoms with Gasteiger partial charge in [0.2, 0.25) is 10.0 Å². The van der Waals surface area contributed by atoms with Crippen molar-refractivity contribution < 1.29 is 13.2 Å². The van der Waals surface area contributed by atoms with E-state index < -0.39 is 10.0 Å². The van der Waals surface area contributed by atoms with Gasteiger partial charge in [-0.25, -0.2) is 13.1 Å². The summed E-state index contributed by atoms with van der Waals surface area (Å²) in [5, 5.41) is 2.90. The van der Waals surface area contributed by atoms with Crippen LogP contribution >= 0.6 is 0 Å². The summed E-state index contributed by atoms with van der Waals surface area (Å²) in [7, 11) is -1.61. The molecule has 1 unspecified atom stereocenters. The third-order valence-corrected chi connectivity index (χ3v) is 4.59. The Hall–Kier alpha value is -0.170. The molecule has 1 atom stereocenters. The van der Waals surface area contributed by atoms with Gasteiger partial charge in [0.05, 0.1) is 11.9 Å². The van der Waals surface area contributed by atoms with E-state index >= 15 is 0 Å². The predicted molar refractivity (Wildman–Crippen MR) is 59.3 cm³/mol. The molecule has 5 nitrogen and oxygen atoms in total. The predicted octanol–water partition coefficient (Wildman–Crippen LogP) is -0.307. The van der Waals surface area contributed by atoms with Gasteiger partial charge in [0.1, 0.15) is 0 Å². The number of rotatable bonds is 5. The van der Waals surface area contributed by atoms with Crippen LogP contribution in [0.3, 0.4) is 0 Å². The number of nitrogens with one attached hydrogen (secondary N) is 2. The molecule has 1 aliphatic rings. The molecule has 1 heterocycles. The Morgan fingerprint density at radius 2 is 2.07 bits per heavy atom. The zero-order valence-electron chi connectivity index (χ0n) is 9.32. The molecular formula is C9H20N2O3S. The molecule has 1 aliphatic heterocycles. The van der Waals surface area contributed by atoms with Gasteiger partial charge < -0.3 is 10.1 Å². The number of methoxy groups -OCH3 is 1. The fourth-order valence-electron chi connectivity index (χ4n) is 1.77. The van der Waals surface area contributed by atoms with Crippen molar-refractivity contribution in [2.75, 3.05) is 26.8 Å². The highest BCUT2D eigenvalue weighted by Gasteiger charge is 2.27. The normalized spacial score (nSPS) is 21.5. The topological polar surface area (TPSA) is 67.4 Å². The number of sulfonamides is 1. The van der Waals surface area contributed by atoms with Crippen LogP contribution in [0.2, 0.25) is 0 Å². The standard InChI is InChI=1S/C9H20N2O3S/c1-8(7-14-2)11-15(12,13)9-3-5-10-6-4-9/h8-11H,3-7H2,1-2H3. The third kappa shape index (κ3) is 4.06. The maximum Gasteiger partial charge on any atom is 0.214 e. The molecule has 2 N–H and O–H groups in total. The van der Waals surface area contributed by atoms with Crippen molar-refractivity contribution in [1.29, 1.82) is 0 Å². The smallest absolute Gasteiger partial charge is 0.214 e. The Labute approximate surface area is 91.6 Å². The Balaban J connectivity index is 2.49. The van der Waals surface area contributed by atoms with Crippen molar-refractivity contribution in [3.63, 3.8) is 0 Å². The first-order valence-corrected chi connectivity index (χ1v) is 6.81. The molecule has 90 valence electrons. The van der Waals surface area contributed by atoms with Gasteiger partial charge in [-0.1, -0.05) is 0 Å². The van der Waals surface area contributed by atoms with E-state index in [2.05, 4.69) is 10.0 Å². The van der Waals surface area contributed by atoms with Crippen molar-refractivity contribution in [3.05, 3.63) is 0 Å². The number of piperidine rings is 1. The van der Waals surface area contributed by atoms with Crippen LogP contribution in [0, 0.1) is 0 Å². The molecule has 0 aromatic rings. The van der Waals surface area contributed by atoms with Gasteiger partial charge in [-0.15, -0.1) is 0 Å². The Morgan fingerprint density at radius 1 is 1.47 bits per heavy atom. The molecule has 15 heavy (non-hydrogen) atoms. The van der Waals surface area contributed by atoms with E-state index in [9.17, 15) is 8.42 Å². The SMILES string of the molecule is COCC(C)NS(=O)(=O)C1CCNCC1. The van der Waals surface area contributed by atoms with Crippen molar-refractivity contribution in [2.24, 2.45) is 0 Å². The largest absolute Gasteiger partial charge is 0.383 e. The maximum atomic E-state index is 11.9. The molecule has 0 aliphatic carbocycles. The first-order chi connectivity index (χ1) is 7.06. The van der Waals surface area contributed by atoms with E-state index in [0.717, 1.165) is 13.1 Å². The summed E-state index contributed by atoms with van der Waals surface area (Å²) < 4.78 is 31.3. The fraction of sp³-hybridized carbons (Fsp3) is 1.00. The molecule has 0 aromatic heterocycles. The summed E-state index contributed by atoms with van der Waals surface area (Å²) >= 11 is 0. The quantitative estimate of drug-likeness (QED) is 0.687. The minimum Gasteiger partial charge on any atom is -0.383 e. The van der Waals surface area contributed by atoms with Gasteiger partial charge in [-0.3, -0.25) is 0 Å². The average molecular weight is 236 g/mol. The van der Waals surface area contributed by atoms with Gasteiger partial charge in [-0.05, 0) is 32.9 Å². The number of hydrogen-bond donors (Lipinski definition) is 2. The molecule has 6 heteroatoms. The Morgan fingerprint density at radius 3 is 2.60 bits per heavy atom. The highest BCUT2D eigenvalue weighted by Crippen LogP contribution is 2.12. The molecule has 0 spiro atoms. The summed E-state index contributed by atoms with van der Waals surface area (Å²) in [5.41, 5.74) is 0. The van der Waals surface area contributed by atoms with Crippen molar-refractivity contribution in [1.82, 2.24) is 10.0 Å². The molecule has 0 amide bonds. The zero-order chi connectivity index (χ0) is 11.3. The lowest BCUT2D eigenvalue weighted by atomic mass is 10.2. The highest BCUT2D eigenvalue weighted by atomic mass is 32.2. The molecule has 0 aromatic carbocycles. The molecular weight excluding hydrogens is 216 g/mol. The lowest BCUT2D eigenvalue weighted by Gasteiger charge is -2.24. The van der Waals surface area contributed by atoms with Gasteiger partial charge in [0.25, 0.3) is 0 Å². The number of ether oxygens (including phenoxy) is 1. The summed E-state index contributed by atoms with van der Waals surface area (Å²) in [6.45, 7) is 3.78. The second-order valence-electron chi connectivity index (χ2n) is 3.97. The highest BCUT2D eigenvalue weighted by molar-refractivity contribution is 7.90. The average Bonchev–Trinajstić information content (AvgIpc) is 2.18. The molecule has 0 bridgehead atoms. The van der Waals surface area contributed by atoms with E-state index in [1.165, 1.54) is 0 Å². The summed E-state index contributed by atoms with van der Waals surface area (Å²) in [4.78, 5) is 0. The first kappa shape index (κ1) is 12.9. The summed E-state index contributed by atoms with van der Waals surface area (Å²) in [6.07, 6.45) is 1.38. The number of hydrogen-bond acceptors (Lipinski definition) is 4. The lowest BCUT2D eigenvalue weighted by Crippen LogP contribution is -2.45. The van der Waals surface area contributed by atoms with Crippen molar-refractivity contribution in [2.45, 2.75) is 31.1 Å². The molecule has 0 saturated carbocycles. The summed E-state index contributed by atoms with van der Waals surface area (Å²) in [5.74, 6) is 0. The van der Waals surface area contributed by atoms with E-state index in [-0.39, 0.29) is 11.3 Å². The Kier molecular flexibility index (Phi) is 4.98. The van der Waals surface area contributed by atoms with Gasteiger partial charge in [-0.2, -0.15) is 0 Å². The van der Waals surface area contributed by atoms with Crippen LogP contribution in [0.5, 0.6) is 0 Å². The van der Waals surface area contributed by atoms with Crippen molar-refractivity contribution >= 4 is 10.0 Å². The van der Waals surface area contributed by atoms with Crippen LogP contribution in [0.25, 0.3) is 0 Å². The molecule has 1 fully saturated rings. The molecule has 1 saturated heterocycles. The lowest BCUT2D eigenvalue weighted by molar-refractivity contribution is 0.180. The minimum absolute atomic E-state index is 0.158. The molecule has 1 rings (SSSR count). The van der Waals surface area contributed by atoms with Gasteiger partial charge >= 0.3 is 0 Å². The molecule has 0 radical (unpaired) electrons. The van der Waals surface area contributed by atoms with Gasteiger partial charge in [0, 0.05) is 13.2 Å². The van der Waals surface area contributed by atoms with E-state index in [0.29, 0.717) is 19.4 Å². The third-order valence-electron chi connectivity index (χ3n) is 2.51. The van der Waals surface area contributed by atoms with Crippen LogP contribution in [0.4, 0.5) is 0 Å². The van der Waals surface area contributed by atoms with E-state index in [1.54, 1.807) is 7.11 Å². The Bertz CT molecular complexity index is 273.